The predicted octanol–water partition coefficient (Wildman–Crippen LogP) is 3.57. The van der Waals surface area contributed by atoms with Crippen LogP contribution >= 0.6 is 11.6 Å². The molecule has 33 heavy (non-hydrogen) atoms. The lowest BCUT2D eigenvalue weighted by Crippen LogP contribution is -2.20. The topological polar surface area (TPSA) is 126 Å². The molecule has 0 radical (unpaired) electrons. The molecule has 1 amide bonds. The van der Waals surface area contributed by atoms with Crippen LogP contribution in [0.1, 0.15) is 27.0 Å². The molecule has 3 aromatic carbocycles. The molecule has 0 bridgehead atoms. The van der Waals surface area contributed by atoms with Gasteiger partial charge in [-0.05, 0) is 72.6 Å². The number of rotatable bonds is 9. The second kappa shape index (κ2) is 11.0. The number of carbonyl (C=O) groups is 2. The molecule has 170 valence electrons. The molecule has 0 heterocycles. The van der Waals surface area contributed by atoms with Crippen LogP contribution in [0.25, 0.3) is 0 Å². The van der Waals surface area contributed by atoms with Crippen molar-refractivity contribution < 1.29 is 23.9 Å². The Kier molecular flexibility index (Phi) is 7.88. The third kappa shape index (κ3) is 6.98. The van der Waals surface area contributed by atoms with Crippen molar-refractivity contribution in [1.29, 1.82) is 0 Å². The zero-order valence-corrected chi connectivity index (χ0v) is 18.5. The molecule has 0 aliphatic heterocycles. The Morgan fingerprint density at radius 1 is 0.939 bits per heavy atom. The summed E-state index contributed by atoms with van der Waals surface area (Å²) in [6, 6.07) is 18.6. The molecule has 0 unspecified atom stereocenters. The van der Waals surface area contributed by atoms with Gasteiger partial charge in [0.2, 0.25) is 0 Å². The van der Waals surface area contributed by atoms with Crippen molar-refractivity contribution in [3.63, 3.8) is 0 Å². The van der Waals surface area contributed by atoms with Crippen LogP contribution in [0, 0.1) is 6.92 Å². The highest BCUT2D eigenvalue weighted by Crippen LogP contribution is 2.23. The van der Waals surface area contributed by atoms with E-state index in [2.05, 4.69) is 5.16 Å². The number of oxime groups is 1. The predicted molar refractivity (Wildman–Crippen MR) is 124 cm³/mol. The van der Waals surface area contributed by atoms with E-state index in [9.17, 15) is 9.59 Å². The Bertz CT molecular complexity index is 1180. The number of nitrogens with two attached hydrogens (primary N) is 2. The molecule has 0 saturated heterocycles. The number of amides is 1. The second-order valence-corrected chi connectivity index (χ2v) is 7.47. The average molecular weight is 468 g/mol. The molecule has 0 atom stereocenters. The van der Waals surface area contributed by atoms with Crippen LogP contribution in [0.2, 0.25) is 5.02 Å². The van der Waals surface area contributed by atoms with Crippen LogP contribution in [0.3, 0.4) is 0 Å². The van der Waals surface area contributed by atoms with Crippen LogP contribution in [-0.2, 0) is 16.2 Å². The Labute approximate surface area is 195 Å². The van der Waals surface area contributed by atoms with Gasteiger partial charge in [0.1, 0.15) is 18.1 Å². The lowest BCUT2D eigenvalue weighted by atomic mass is 10.1. The van der Waals surface area contributed by atoms with E-state index in [1.165, 1.54) is 0 Å². The van der Waals surface area contributed by atoms with Gasteiger partial charge in [-0.3, -0.25) is 4.79 Å². The number of ether oxygens (including phenoxy) is 2. The van der Waals surface area contributed by atoms with Crippen molar-refractivity contribution in [2.45, 2.75) is 13.5 Å². The van der Waals surface area contributed by atoms with Crippen molar-refractivity contribution in [3.8, 4) is 11.5 Å². The van der Waals surface area contributed by atoms with Crippen molar-refractivity contribution in [2.24, 2.45) is 16.6 Å². The Hall–Kier alpha value is -4.04. The van der Waals surface area contributed by atoms with Gasteiger partial charge < -0.3 is 25.8 Å². The highest BCUT2D eigenvalue weighted by molar-refractivity contribution is 6.30. The van der Waals surface area contributed by atoms with Gasteiger partial charge in [-0.15, -0.1) is 0 Å². The summed E-state index contributed by atoms with van der Waals surface area (Å²) in [7, 11) is 0. The van der Waals surface area contributed by atoms with E-state index in [0.717, 1.165) is 11.1 Å². The molecule has 0 aromatic heterocycles. The van der Waals surface area contributed by atoms with Gasteiger partial charge in [-0.2, -0.15) is 0 Å². The monoisotopic (exact) mass is 467 g/mol. The minimum atomic E-state index is -0.663. The van der Waals surface area contributed by atoms with Crippen LogP contribution in [-0.4, -0.2) is 24.3 Å². The Morgan fingerprint density at radius 3 is 2.39 bits per heavy atom. The van der Waals surface area contributed by atoms with Gasteiger partial charge in [-0.25, -0.2) is 4.79 Å². The van der Waals surface area contributed by atoms with Crippen molar-refractivity contribution in [3.05, 3.63) is 94.0 Å². The molecular weight excluding hydrogens is 446 g/mol. The Morgan fingerprint density at radius 2 is 1.70 bits per heavy atom. The molecule has 0 saturated carbocycles. The van der Waals surface area contributed by atoms with Gasteiger partial charge in [0.05, 0.1) is 5.56 Å². The van der Waals surface area contributed by atoms with Crippen molar-refractivity contribution in [2.75, 3.05) is 6.61 Å². The quantitative estimate of drug-likeness (QED) is 0.214. The molecule has 4 N–H and O–H groups in total. The number of hydrogen-bond donors (Lipinski definition) is 2. The van der Waals surface area contributed by atoms with Crippen molar-refractivity contribution >= 4 is 29.3 Å². The van der Waals surface area contributed by atoms with Crippen LogP contribution in [0.4, 0.5) is 0 Å². The first-order valence-corrected chi connectivity index (χ1v) is 10.2. The standard InChI is InChI=1S/C24H22ClN3O5/c1-15-11-19(25)7-10-21(15)32-13-16-3-2-4-18(12-16)24(30)33-28-23(27)17-5-8-20(9-6-17)31-14-22(26)29/h2-12H,13-14H2,1H3,(H2,26,29)(H2,27,28). The summed E-state index contributed by atoms with van der Waals surface area (Å²) in [6.07, 6.45) is 0. The number of benzene rings is 3. The number of aryl methyl sites for hydroxylation is 1. The van der Waals surface area contributed by atoms with E-state index in [1.807, 2.05) is 19.1 Å². The van der Waals surface area contributed by atoms with Gasteiger partial charge in [0, 0.05) is 10.6 Å². The SMILES string of the molecule is Cc1cc(Cl)ccc1OCc1cccc(C(=O)O/N=C(\N)c2ccc(OCC(N)=O)cc2)c1. The molecule has 3 aromatic rings. The molecule has 8 nitrogen and oxygen atoms in total. The van der Waals surface area contributed by atoms with E-state index >= 15 is 0 Å². The molecule has 0 aliphatic rings. The fraction of sp³-hybridized carbons (Fsp3) is 0.125. The molecular formula is C24H22ClN3O5. The minimum absolute atomic E-state index is 0.00232. The maximum Gasteiger partial charge on any atom is 0.365 e. The second-order valence-electron chi connectivity index (χ2n) is 7.03. The summed E-state index contributed by atoms with van der Waals surface area (Å²) in [5.74, 6) is -0.0971. The van der Waals surface area contributed by atoms with Gasteiger partial charge in [0.15, 0.2) is 12.4 Å². The molecule has 0 fully saturated rings. The normalized spacial score (nSPS) is 11.0. The first-order chi connectivity index (χ1) is 15.8. The fourth-order valence-electron chi connectivity index (χ4n) is 2.80. The lowest BCUT2D eigenvalue weighted by Gasteiger charge is -2.10. The largest absolute Gasteiger partial charge is 0.489 e. The number of primary amides is 1. The molecule has 3 rings (SSSR count). The molecule has 0 aliphatic carbocycles. The minimum Gasteiger partial charge on any atom is -0.489 e. The molecule has 0 spiro atoms. The molecule has 9 heteroatoms. The summed E-state index contributed by atoms with van der Waals surface area (Å²) in [6.45, 7) is 1.93. The third-order valence-electron chi connectivity index (χ3n) is 4.45. The number of nitrogens with zero attached hydrogens (tertiary/aromatic N) is 1. The van der Waals surface area contributed by atoms with E-state index in [1.54, 1.807) is 54.6 Å². The zero-order valence-electron chi connectivity index (χ0n) is 17.8. The summed E-state index contributed by atoms with van der Waals surface area (Å²) in [5, 5.41) is 4.34. The van der Waals surface area contributed by atoms with E-state index in [0.29, 0.717) is 27.6 Å². The third-order valence-corrected chi connectivity index (χ3v) is 4.69. The fourth-order valence-corrected chi connectivity index (χ4v) is 3.02. The summed E-state index contributed by atoms with van der Waals surface area (Å²) < 4.78 is 11.0. The number of carbonyl (C=O) groups excluding carboxylic acids is 2. The first-order valence-electron chi connectivity index (χ1n) is 9.86. The highest BCUT2D eigenvalue weighted by atomic mass is 35.5. The maximum absolute atomic E-state index is 12.4. The smallest absolute Gasteiger partial charge is 0.365 e. The highest BCUT2D eigenvalue weighted by Gasteiger charge is 2.10. The Balaban J connectivity index is 1.59. The maximum atomic E-state index is 12.4. The van der Waals surface area contributed by atoms with E-state index < -0.39 is 11.9 Å². The van der Waals surface area contributed by atoms with Gasteiger partial charge >= 0.3 is 5.97 Å². The summed E-state index contributed by atoms with van der Waals surface area (Å²) in [4.78, 5) is 28.1. The van der Waals surface area contributed by atoms with Crippen LogP contribution in [0.5, 0.6) is 11.5 Å². The van der Waals surface area contributed by atoms with E-state index in [-0.39, 0.29) is 19.0 Å². The van der Waals surface area contributed by atoms with Crippen LogP contribution < -0.4 is 20.9 Å². The number of hydrogen-bond acceptors (Lipinski definition) is 6. The number of amidine groups is 1. The first kappa shape index (κ1) is 23.6. The average Bonchev–Trinajstić information content (AvgIpc) is 2.81. The van der Waals surface area contributed by atoms with Gasteiger partial charge in [-0.1, -0.05) is 28.9 Å². The summed E-state index contributed by atoms with van der Waals surface area (Å²) >= 11 is 5.96. The van der Waals surface area contributed by atoms with Gasteiger partial charge in [0.25, 0.3) is 5.91 Å². The lowest BCUT2D eigenvalue weighted by molar-refractivity contribution is -0.119. The summed E-state index contributed by atoms with van der Waals surface area (Å²) in [5.41, 5.74) is 13.4. The van der Waals surface area contributed by atoms with Crippen molar-refractivity contribution in [1.82, 2.24) is 0 Å². The van der Waals surface area contributed by atoms with E-state index in [4.69, 9.17) is 37.4 Å². The van der Waals surface area contributed by atoms with Crippen LogP contribution in [0.15, 0.2) is 71.9 Å². The zero-order chi connectivity index (χ0) is 23.8. The number of halogens is 1.